The van der Waals surface area contributed by atoms with Gasteiger partial charge in [0.05, 0.1) is 22.8 Å². The van der Waals surface area contributed by atoms with E-state index in [-0.39, 0.29) is 5.91 Å². The summed E-state index contributed by atoms with van der Waals surface area (Å²) in [6.45, 7) is 11.4. The number of hydrogen-bond acceptors (Lipinski definition) is 5. The molecule has 1 aliphatic rings. The van der Waals surface area contributed by atoms with E-state index >= 15 is 0 Å². The number of aliphatic hydroxyl groups is 2. The van der Waals surface area contributed by atoms with E-state index in [9.17, 15) is 15.0 Å². The van der Waals surface area contributed by atoms with Crippen LogP contribution in [0.4, 0.5) is 5.69 Å². The molecule has 0 aliphatic carbocycles. The van der Waals surface area contributed by atoms with Crippen molar-refractivity contribution in [2.45, 2.75) is 66.7 Å². The number of nitrogens with zero attached hydrogens (tertiary/aromatic N) is 4. The highest BCUT2D eigenvalue weighted by molar-refractivity contribution is 6.35. The van der Waals surface area contributed by atoms with Gasteiger partial charge in [-0.3, -0.25) is 9.48 Å². The zero-order chi connectivity index (χ0) is 33.7. The van der Waals surface area contributed by atoms with Gasteiger partial charge in [0.2, 0.25) is 0 Å². The average Bonchev–Trinajstić information content (AvgIpc) is 3.39. The van der Waals surface area contributed by atoms with Gasteiger partial charge in [-0.15, -0.1) is 0 Å². The van der Waals surface area contributed by atoms with Gasteiger partial charge in [-0.05, 0) is 106 Å². The number of anilines is 1. The first kappa shape index (κ1) is 33.1. The summed E-state index contributed by atoms with van der Waals surface area (Å²) >= 11 is 13.4. The maximum Gasteiger partial charge on any atom is 0.275 e. The molecule has 3 heterocycles. The first-order valence-electron chi connectivity index (χ1n) is 15.9. The lowest BCUT2D eigenvalue weighted by Gasteiger charge is -2.22. The third kappa shape index (κ3) is 5.93. The van der Waals surface area contributed by atoms with Gasteiger partial charge in [0.25, 0.3) is 5.91 Å². The Hall–Kier alpha value is -3.82. The standard InChI is InChI=1S/C37H40Cl2N4O4/c1-20-17-25(10-11-27(20)37(45)46)42-14-8-15-43-34-29(12-13-30(38)32(34)31-23(4)40-41(6)24(31)5)28(35(43)36(42)44)9-7-16-47-26-18-21(2)33(39)22(3)19-26/h10-13,17-19,37,45-46H,7-9,14-16H2,1-6H3. The quantitative estimate of drug-likeness (QED) is 0.129. The van der Waals surface area contributed by atoms with Gasteiger partial charge in [-0.25, -0.2) is 0 Å². The Labute approximate surface area is 285 Å². The van der Waals surface area contributed by atoms with Gasteiger partial charge in [0.1, 0.15) is 11.4 Å². The van der Waals surface area contributed by atoms with Crippen LogP contribution in [0.15, 0.2) is 42.5 Å². The van der Waals surface area contributed by atoms with E-state index < -0.39 is 6.29 Å². The molecule has 47 heavy (non-hydrogen) atoms. The van der Waals surface area contributed by atoms with Crippen LogP contribution in [-0.4, -0.2) is 43.6 Å². The number of aromatic nitrogens is 3. The third-order valence-corrected chi connectivity index (χ3v) is 10.3. The molecule has 2 N–H and O–H groups in total. The predicted molar refractivity (Wildman–Crippen MR) is 188 cm³/mol. The number of amides is 1. The first-order chi connectivity index (χ1) is 22.4. The molecule has 0 unspecified atom stereocenters. The lowest BCUT2D eigenvalue weighted by molar-refractivity contribution is -0.0429. The molecule has 8 nitrogen and oxygen atoms in total. The second-order valence-corrected chi connectivity index (χ2v) is 13.3. The van der Waals surface area contributed by atoms with Crippen LogP contribution in [0.3, 0.4) is 0 Å². The fourth-order valence-electron chi connectivity index (χ4n) is 7.00. The Balaban J connectivity index is 1.46. The number of rotatable bonds is 8. The normalized spacial score (nSPS) is 13.5. The molecular weight excluding hydrogens is 635 g/mol. The number of benzene rings is 3. The lowest BCUT2D eigenvalue weighted by Crippen LogP contribution is -2.31. The van der Waals surface area contributed by atoms with Crippen molar-refractivity contribution < 1.29 is 19.7 Å². The van der Waals surface area contributed by atoms with Crippen LogP contribution < -0.4 is 9.64 Å². The van der Waals surface area contributed by atoms with Crippen molar-refractivity contribution in [1.29, 1.82) is 0 Å². The molecule has 10 heteroatoms. The minimum Gasteiger partial charge on any atom is -0.494 e. The highest BCUT2D eigenvalue weighted by atomic mass is 35.5. The summed E-state index contributed by atoms with van der Waals surface area (Å²) < 4.78 is 10.2. The molecule has 0 fully saturated rings. The van der Waals surface area contributed by atoms with E-state index in [4.69, 9.17) is 27.9 Å². The van der Waals surface area contributed by atoms with Crippen molar-refractivity contribution in [3.05, 3.63) is 97.4 Å². The Morgan fingerprint density at radius 1 is 0.936 bits per heavy atom. The second kappa shape index (κ2) is 13.0. The van der Waals surface area contributed by atoms with Gasteiger partial charge in [-0.2, -0.15) is 5.10 Å². The number of carbonyl (C=O) groups is 1. The van der Waals surface area contributed by atoms with E-state index in [1.807, 2.05) is 76.7 Å². The molecule has 246 valence electrons. The topological polar surface area (TPSA) is 92.8 Å². The molecule has 0 radical (unpaired) electrons. The average molecular weight is 676 g/mol. The number of halogens is 2. The molecule has 0 saturated carbocycles. The van der Waals surface area contributed by atoms with E-state index in [0.717, 1.165) is 73.0 Å². The summed E-state index contributed by atoms with van der Waals surface area (Å²) in [6.07, 6.45) is 0.444. The zero-order valence-corrected chi connectivity index (χ0v) is 29.1. The van der Waals surface area contributed by atoms with Crippen molar-refractivity contribution in [2.24, 2.45) is 7.05 Å². The lowest BCUT2D eigenvalue weighted by atomic mass is 9.98. The van der Waals surface area contributed by atoms with Gasteiger partial charge in [0.15, 0.2) is 6.29 Å². The largest absolute Gasteiger partial charge is 0.494 e. The number of fused-ring (bicyclic) bond motifs is 3. The van der Waals surface area contributed by atoms with Crippen LogP contribution in [0.5, 0.6) is 5.75 Å². The van der Waals surface area contributed by atoms with Crippen molar-refractivity contribution in [1.82, 2.24) is 14.3 Å². The van der Waals surface area contributed by atoms with Crippen molar-refractivity contribution >= 4 is 45.7 Å². The Morgan fingerprint density at radius 2 is 1.66 bits per heavy atom. The molecular formula is C37H40Cl2N4O4. The summed E-state index contributed by atoms with van der Waals surface area (Å²) in [6, 6.07) is 13.2. The molecule has 6 rings (SSSR count). The molecule has 3 aromatic carbocycles. The maximum absolute atomic E-state index is 14.7. The summed E-state index contributed by atoms with van der Waals surface area (Å²) in [7, 11) is 1.93. The highest BCUT2D eigenvalue weighted by Crippen LogP contribution is 2.43. The van der Waals surface area contributed by atoms with Crippen molar-refractivity contribution in [3.8, 4) is 16.9 Å². The van der Waals surface area contributed by atoms with Crippen LogP contribution >= 0.6 is 23.2 Å². The molecule has 0 atom stereocenters. The molecule has 5 aromatic rings. The van der Waals surface area contributed by atoms with Crippen LogP contribution in [0.2, 0.25) is 10.0 Å². The summed E-state index contributed by atoms with van der Waals surface area (Å²) in [5, 5.41) is 26.6. The number of carbonyl (C=O) groups excluding carboxylic acids is 1. The Morgan fingerprint density at radius 3 is 2.30 bits per heavy atom. The van der Waals surface area contributed by atoms with Gasteiger partial charge in [-0.1, -0.05) is 35.3 Å². The Bertz CT molecular complexity index is 2000. The van der Waals surface area contributed by atoms with E-state index in [1.54, 1.807) is 17.0 Å². The Kier molecular flexibility index (Phi) is 9.15. The molecule has 1 aliphatic heterocycles. The van der Waals surface area contributed by atoms with Crippen molar-refractivity contribution in [2.75, 3.05) is 18.1 Å². The van der Waals surface area contributed by atoms with Gasteiger partial charge in [0, 0.05) is 58.6 Å². The number of hydrogen-bond donors (Lipinski definition) is 2. The zero-order valence-electron chi connectivity index (χ0n) is 27.6. The minimum absolute atomic E-state index is 0.100. The van der Waals surface area contributed by atoms with Crippen LogP contribution in [-0.2, 0) is 20.0 Å². The molecule has 0 bridgehead atoms. The fraction of sp³-hybridized carbons (Fsp3) is 0.351. The van der Waals surface area contributed by atoms with Crippen LogP contribution in [0, 0.1) is 34.6 Å². The summed E-state index contributed by atoms with van der Waals surface area (Å²) in [5.74, 6) is 0.674. The fourth-order valence-corrected chi connectivity index (χ4v) is 7.35. The third-order valence-electron chi connectivity index (χ3n) is 9.34. The van der Waals surface area contributed by atoms with E-state index in [0.29, 0.717) is 54.4 Å². The van der Waals surface area contributed by atoms with Crippen LogP contribution in [0.1, 0.15) is 68.8 Å². The van der Waals surface area contributed by atoms with E-state index in [2.05, 4.69) is 9.67 Å². The molecule has 0 saturated heterocycles. The van der Waals surface area contributed by atoms with Crippen molar-refractivity contribution in [3.63, 3.8) is 0 Å². The number of aliphatic hydroxyl groups excluding tert-OH is 1. The first-order valence-corrected chi connectivity index (χ1v) is 16.7. The minimum atomic E-state index is -1.58. The monoisotopic (exact) mass is 674 g/mol. The van der Waals surface area contributed by atoms with Gasteiger partial charge < -0.3 is 24.4 Å². The second-order valence-electron chi connectivity index (χ2n) is 12.5. The summed E-state index contributed by atoms with van der Waals surface area (Å²) in [4.78, 5) is 16.5. The van der Waals surface area contributed by atoms with Gasteiger partial charge >= 0.3 is 0 Å². The number of ether oxygens (including phenoxy) is 1. The van der Waals surface area contributed by atoms with E-state index in [1.165, 1.54) is 0 Å². The molecule has 1 amide bonds. The molecule has 2 aromatic heterocycles. The summed E-state index contributed by atoms with van der Waals surface area (Å²) in [5.41, 5.74) is 10.1. The number of aryl methyl sites for hydroxylation is 7. The SMILES string of the molecule is Cc1cc(N2CCCn3c(c(CCCOc4cc(C)c(Cl)c(C)c4)c4ccc(Cl)c(-c5c(C)nn(C)c5C)c43)C2=O)ccc1C(O)O. The predicted octanol–water partition coefficient (Wildman–Crippen LogP) is 7.94. The van der Waals surface area contributed by atoms with Crippen LogP contribution in [0.25, 0.3) is 22.0 Å². The molecule has 0 spiro atoms. The smallest absolute Gasteiger partial charge is 0.275 e. The maximum atomic E-state index is 14.7. The highest BCUT2D eigenvalue weighted by Gasteiger charge is 2.32.